The minimum absolute atomic E-state index is 0.0480. The number of hydrogen-bond acceptors (Lipinski definition) is 7. The highest BCUT2D eigenvalue weighted by molar-refractivity contribution is 7.93. The van der Waals surface area contributed by atoms with Crippen molar-refractivity contribution in [3.63, 3.8) is 0 Å². The van der Waals surface area contributed by atoms with Crippen LogP contribution in [0.25, 0.3) is 0 Å². The smallest absolute Gasteiger partial charge is 0.266 e. The van der Waals surface area contributed by atoms with Gasteiger partial charge in [0, 0.05) is 30.2 Å². The van der Waals surface area contributed by atoms with Crippen LogP contribution in [-0.2, 0) is 10.0 Å². The average molecular weight is 489 g/mol. The van der Waals surface area contributed by atoms with Crippen molar-refractivity contribution in [2.45, 2.75) is 61.6 Å². The number of hydrogen-bond donors (Lipinski definition) is 3. The number of aromatic nitrogens is 1. The molecule has 0 spiro atoms. The molecule has 3 atom stereocenters. The molecule has 0 amide bonds. The van der Waals surface area contributed by atoms with Gasteiger partial charge in [0.05, 0.1) is 16.8 Å². The second-order valence-electron chi connectivity index (χ2n) is 8.10. The lowest BCUT2D eigenvalue weighted by molar-refractivity contribution is 0.0324. The molecule has 2 aromatic rings. The van der Waals surface area contributed by atoms with Crippen molar-refractivity contribution in [3.05, 3.63) is 34.5 Å². The quantitative estimate of drug-likeness (QED) is 0.570. The Kier molecular flexibility index (Phi) is 7.02. The van der Waals surface area contributed by atoms with Crippen LogP contribution in [0.5, 0.6) is 0 Å². The van der Waals surface area contributed by atoms with Crippen LogP contribution in [0.15, 0.2) is 28.6 Å². The largest absolute Gasteiger partial charge is 0.392 e. The number of piperidine rings is 1. The molecule has 2 heterocycles. The van der Waals surface area contributed by atoms with Gasteiger partial charge in [0.15, 0.2) is 5.13 Å². The van der Waals surface area contributed by atoms with Crippen molar-refractivity contribution < 1.29 is 17.9 Å². The first kappa shape index (κ1) is 22.7. The molecule has 1 aliphatic heterocycles. The zero-order chi connectivity index (χ0) is 22.0. The van der Waals surface area contributed by atoms with Gasteiger partial charge in [-0.15, -0.1) is 11.3 Å². The second-order valence-corrected chi connectivity index (χ2v) is 11.1. The molecule has 170 valence electrons. The molecule has 3 N–H and O–H groups in total. The third-order valence-electron chi connectivity index (χ3n) is 5.93. The summed E-state index contributed by atoms with van der Waals surface area (Å²) in [4.78, 5) is 5.67. The normalized spacial score (nSPS) is 25.3. The Morgan fingerprint density at radius 1 is 1.23 bits per heavy atom. The molecule has 1 aliphatic carbocycles. The summed E-state index contributed by atoms with van der Waals surface area (Å²) in [6.45, 7) is 1.58. The Morgan fingerprint density at radius 3 is 2.77 bits per heavy atom. The van der Waals surface area contributed by atoms with Gasteiger partial charge < -0.3 is 10.4 Å². The summed E-state index contributed by atoms with van der Waals surface area (Å²) in [5.41, 5.74) is 0.377. The number of halogens is 2. The fourth-order valence-electron chi connectivity index (χ4n) is 4.49. The van der Waals surface area contributed by atoms with Gasteiger partial charge in [0.2, 0.25) is 0 Å². The van der Waals surface area contributed by atoms with Gasteiger partial charge in [-0.3, -0.25) is 9.62 Å². The molecule has 7 nitrogen and oxygen atoms in total. The topological polar surface area (TPSA) is 94.6 Å². The van der Waals surface area contributed by atoms with Crippen molar-refractivity contribution >= 4 is 43.8 Å². The number of aliphatic hydroxyl groups is 1. The number of rotatable bonds is 6. The van der Waals surface area contributed by atoms with Crippen LogP contribution in [-0.4, -0.2) is 54.7 Å². The molecule has 1 aromatic carbocycles. The first-order valence-corrected chi connectivity index (χ1v) is 13.2. The molecule has 2 fully saturated rings. The van der Waals surface area contributed by atoms with Crippen LogP contribution >= 0.6 is 22.9 Å². The molecule has 1 saturated heterocycles. The lowest BCUT2D eigenvalue weighted by Gasteiger charge is -2.43. The number of sulfonamides is 1. The number of likely N-dealkylation sites (tertiary alicyclic amines) is 1. The molecule has 0 radical (unpaired) electrons. The van der Waals surface area contributed by atoms with Gasteiger partial charge in [-0.2, -0.15) is 0 Å². The number of nitrogens with zero attached hydrogens (tertiary/aromatic N) is 2. The fourth-order valence-corrected chi connectivity index (χ4v) is 6.65. The van der Waals surface area contributed by atoms with Crippen molar-refractivity contribution in [3.8, 4) is 0 Å². The van der Waals surface area contributed by atoms with E-state index >= 15 is 0 Å². The summed E-state index contributed by atoms with van der Waals surface area (Å²) in [6, 6.07) is 2.55. The third-order valence-corrected chi connectivity index (χ3v) is 8.42. The van der Waals surface area contributed by atoms with E-state index in [-0.39, 0.29) is 28.3 Å². The molecule has 1 aromatic heterocycles. The van der Waals surface area contributed by atoms with Crippen LogP contribution in [0.1, 0.15) is 38.5 Å². The van der Waals surface area contributed by atoms with Crippen LogP contribution in [0.4, 0.5) is 15.2 Å². The molecule has 4 rings (SSSR count). The van der Waals surface area contributed by atoms with Crippen LogP contribution < -0.4 is 10.0 Å². The summed E-state index contributed by atoms with van der Waals surface area (Å²) >= 11 is 7.48. The maximum Gasteiger partial charge on any atom is 0.266 e. The van der Waals surface area contributed by atoms with E-state index in [2.05, 4.69) is 19.9 Å². The monoisotopic (exact) mass is 488 g/mol. The number of β-amino-alcohol motifs (C(OH)–C–C–N with tert-alkyl or cyclic N) is 1. The van der Waals surface area contributed by atoms with E-state index < -0.39 is 20.7 Å². The van der Waals surface area contributed by atoms with Gasteiger partial charge in [0.1, 0.15) is 10.7 Å². The van der Waals surface area contributed by atoms with E-state index in [1.54, 1.807) is 5.38 Å². The number of benzene rings is 1. The third kappa shape index (κ3) is 5.31. The predicted octanol–water partition coefficient (Wildman–Crippen LogP) is 3.92. The van der Waals surface area contributed by atoms with Gasteiger partial charge >= 0.3 is 0 Å². The van der Waals surface area contributed by atoms with E-state index in [0.717, 1.165) is 68.5 Å². The Hall–Kier alpha value is -1.46. The van der Waals surface area contributed by atoms with Crippen molar-refractivity contribution in [2.75, 3.05) is 23.1 Å². The van der Waals surface area contributed by atoms with E-state index in [9.17, 15) is 17.9 Å². The Labute approximate surface area is 190 Å². The minimum atomic E-state index is -4.15. The number of thiazole rings is 1. The zero-order valence-corrected chi connectivity index (χ0v) is 19.3. The summed E-state index contributed by atoms with van der Waals surface area (Å²) in [5, 5.41) is 15.3. The van der Waals surface area contributed by atoms with Crippen molar-refractivity contribution in [1.82, 2.24) is 9.88 Å². The zero-order valence-electron chi connectivity index (χ0n) is 16.9. The van der Waals surface area contributed by atoms with E-state index in [1.165, 1.54) is 6.20 Å². The van der Waals surface area contributed by atoms with Crippen molar-refractivity contribution in [2.24, 2.45) is 0 Å². The van der Waals surface area contributed by atoms with E-state index in [1.807, 2.05) is 0 Å². The van der Waals surface area contributed by atoms with Crippen LogP contribution in [0.3, 0.4) is 0 Å². The standard InChI is InChI=1S/C20H26ClFN4O3S2/c21-14-10-19(31(28,29)25-20-23-7-9-30-20)15(22)11-17(14)24-16-5-1-2-6-18(16)26-8-3-4-13(27)12-26/h7,9-11,13,16,18,24,27H,1-6,8,12H2,(H,23,25)/t13-,16?,18-/m0/s1. The molecule has 31 heavy (non-hydrogen) atoms. The molecule has 1 unspecified atom stereocenters. The first-order chi connectivity index (χ1) is 14.8. The summed E-state index contributed by atoms with van der Waals surface area (Å²) in [7, 11) is -4.15. The first-order valence-electron chi connectivity index (χ1n) is 10.4. The predicted molar refractivity (Wildman–Crippen MR) is 121 cm³/mol. The SMILES string of the molecule is O=S(=O)(Nc1nccs1)c1cc(Cl)c(NC2CCCC[C@@H]2N2CCC[C@H](O)C2)cc1F. The van der Waals surface area contributed by atoms with Crippen LogP contribution in [0, 0.1) is 5.82 Å². The van der Waals surface area contributed by atoms with Crippen LogP contribution in [0.2, 0.25) is 5.02 Å². The van der Waals surface area contributed by atoms with Gasteiger partial charge in [-0.25, -0.2) is 17.8 Å². The maximum absolute atomic E-state index is 14.8. The summed E-state index contributed by atoms with van der Waals surface area (Å²) in [5.74, 6) is -0.878. The minimum Gasteiger partial charge on any atom is -0.392 e. The van der Waals surface area contributed by atoms with Gasteiger partial charge in [-0.05, 0) is 44.4 Å². The second kappa shape index (κ2) is 9.58. The Morgan fingerprint density at radius 2 is 2.03 bits per heavy atom. The van der Waals surface area contributed by atoms with Crippen molar-refractivity contribution in [1.29, 1.82) is 0 Å². The van der Waals surface area contributed by atoms with E-state index in [4.69, 9.17) is 11.6 Å². The highest BCUT2D eigenvalue weighted by atomic mass is 35.5. The average Bonchev–Trinajstić information content (AvgIpc) is 3.23. The molecule has 0 bridgehead atoms. The Bertz CT molecular complexity index is 1010. The van der Waals surface area contributed by atoms with Gasteiger partial charge in [-0.1, -0.05) is 24.4 Å². The lowest BCUT2D eigenvalue weighted by atomic mass is 9.87. The molecular weight excluding hydrogens is 463 g/mol. The molecule has 2 aliphatic rings. The fraction of sp³-hybridized carbons (Fsp3) is 0.550. The maximum atomic E-state index is 14.8. The van der Waals surface area contributed by atoms with E-state index in [0.29, 0.717) is 12.2 Å². The van der Waals surface area contributed by atoms with Gasteiger partial charge in [0.25, 0.3) is 10.0 Å². The molecular formula is C20H26ClFN4O3S2. The Balaban J connectivity index is 1.53. The highest BCUT2D eigenvalue weighted by Crippen LogP contribution is 2.33. The highest BCUT2D eigenvalue weighted by Gasteiger charge is 2.33. The summed E-state index contributed by atoms with van der Waals surface area (Å²) in [6.07, 6.45) is 6.98. The molecule has 11 heteroatoms. The molecule has 1 saturated carbocycles. The number of nitrogens with one attached hydrogen (secondary N) is 2. The number of aliphatic hydroxyl groups excluding tert-OH is 1. The lowest BCUT2D eigenvalue weighted by Crippen LogP contribution is -2.53. The summed E-state index contributed by atoms with van der Waals surface area (Å²) < 4.78 is 42.2. The number of anilines is 2.